The maximum Gasteiger partial charge on any atom is 0.140 e. The van der Waals surface area contributed by atoms with Gasteiger partial charge in [0.25, 0.3) is 0 Å². The Balaban J connectivity index is 1.43. The van der Waals surface area contributed by atoms with Crippen LogP contribution in [0.25, 0.3) is 32.5 Å². The second kappa shape index (κ2) is 7.00. The average molecular weight is 430 g/mol. The van der Waals surface area contributed by atoms with E-state index in [1.54, 1.807) is 23.7 Å². The third-order valence-electron chi connectivity index (χ3n) is 5.18. The number of anilines is 2. The van der Waals surface area contributed by atoms with E-state index < -0.39 is 0 Å². The van der Waals surface area contributed by atoms with E-state index in [1.165, 1.54) is 22.5 Å². The summed E-state index contributed by atoms with van der Waals surface area (Å²) >= 11 is 7.79. The van der Waals surface area contributed by atoms with Crippen LogP contribution in [0, 0.1) is 0 Å². The molecule has 0 saturated heterocycles. The molecule has 0 spiro atoms. The number of thiazole rings is 1. The van der Waals surface area contributed by atoms with Gasteiger partial charge in [-0.2, -0.15) is 0 Å². The minimum absolute atomic E-state index is 0.597. The van der Waals surface area contributed by atoms with Crippen LogP contribution in [0.2, 0.25) is 5.02 Å². The highest BCUT2D eigenvalue weighted by molar-refractivity contribution is 7.18. The molecule has 0 aliphatic heterocycles. The largest absolute Gasteiger partial charge is 0.340 e. The number of benzene rings is 1. The monoisotopic (exact) mass is 429 g/mol. The first-order valence-electron chi connectivity index (χ1n) is 9.78. The van der Waals surface area contributed by atoms with E-state index >= 15 is 0 Å². The molecule has 4 heterocycles. The quantitative estimate of drug-likeness (QED) is 0.349. The summed E-state index contributed by atoms with van der Waals surface area (Å²) in [5, 5.41) is 6.30. The summed E-state index contributed by atoms with van der Waals surface area (Å²) in [6.07, 6.45) is 5.94. The van der Waals surface area contributed by atoms with Gasteiger partial charge in [0.1, 0.15) is 5.82 Å². The molecule has 146 valence electrons. The molecule has 1 fully saturated rings. The van der Waals surface area contributed by atoms with Gasteiger partial charge in [0.2, 0.25) is 0 Å². The molecule has 30 heavy (non-hydrogen) atoms. The molecule has 1 saturated carbocycles. The first-order chi connectivity index (χ1) is 14.7. The molecular formula is C23H16ClN5S. The summed E-state index contributed by atoms with van der Waals surface area (Å²) in [4.78, 5) is 18.6. The number of halogens is 1. The topological polar surface area (TPSA) is 63.6 Å². The number of aromatic nitrogens is 4. The summed E-state index contributed by atoms with van der Waals surface area (Å²) in [6, 6.07) is 15.8. The van der Waals surface area contributed by atoms with Crippen LogP contribution >= 0.6 is 22.9 Å². The molecule has 1 aromatic carbocycles. The maximum absolute atomic E-state index is 5.99. The Bertz CT molecular complexity index is 1390. The number of nitrogens with zero attached hydrogens (tertiary/aromatic N) is 4. The van der Waals surface area contributed by atoms with Crippen LogP contribution in [0.15, 0.2) is 60.9 Å². The van der Waals surface area contributed by atoms with Crippen molar-refractivity contribution in [3.05, 3.63) is 71.0 Å². The zero-order valence-electron chi connectivity index (χ0n) is 15.8. The van der Waals surface area contributed by atoms with Crippen molar-refractivity contribution in [2.24, 2.45) is 0 Å². The lowest BCUT2D eigenvalue weighted by atomic mass is 10.1. The molecule has 1 aliphatic carbocycles. The van der Waals surface area contributed by atoms with E-state index in [-0.39, 0.29) is 0 Å². The SMILES string of the molecule is Clc1ccc(-c2cc3ncccc3c(Nc3ccc4nc(C5CC5)sc4c3)n2)nc1. The predicted octanol–water partition coefficient (Wildman–Crippen LogP) is 6.58. The standard InChI is InChI=1S/C23H16ClN5S/c24-14-5-7-17(26-12-14)20-11-19-16(2-1-9-25-19)22(28-20)27-15-6-8-18-21(10-15)30-23(29-18)13-3-4-13/h1-2,5-13H,3-4H2,(H,27,28). The van der Waals surface area contributed by atoms with Crippen LogP contribution < -0.4 is 5.32 Å². The Morgan fingerprint density at radius 2 is 1.87 bits per heavy atom. The van der Waals surface area contributed by atoms with Crippen molar-refractivity contribution < 1.29 is 0 Å². The van der Waals surface area contributed by atoms with Crippen LogP contribution in [-0.4, -0.2) is 19.9 Å². The van der Waals surface area contributed by atoms with Crippen LogP contribution in [0.3, 0.4) is 0 Å². The van der Waals surface area contributed by atoms with Crippen molar-refractivity contribution in [3.8, 4) is 11.4 Å². The number of fused-ring (bicyclic) bond motifs is 2. The van der Waals surface area contributed by atoms with Crippen LogP contribution in [0.5, 0.6) is 0 Å². The van der Waals surface area contributed by atoms with Crippen molar-refractivity contribution in [1.29, 1.82) is 0 Å². The first kappa shape index (κ1) is 17.7. The van der Waals surface area contributed by atoms with Crippen LogP contribution in [0.1, 0.15) is 23.8 Å². The molecule has 0 amide bonds. The lowest BCUT2D eigenvalue weighted by molar-refractivity contribution is 1.10. The molecule has 0 radical (unpaired) electrons. The Morgan fingerprint density at radius 3 is 2.70 bits per heavy atom. The molecule has 1 N–H and O–H groups in total. The average Bonchev–Trinajstić information content (AvgIpc) is 3.53. The molecule has 6 rings (SSSR count). The van der Waals surface area contributed by atoms with Crippen molar-refractivity contribution in [2.45, 2.75) is 18.8 Å². The normalized spacial score (nSPS) is 13.8. The molecule has 5 nitrogen and oxygen atoms in total. The summed E-state index contributed by atoms with van der Waals surface area (Å²) in [5.74, 6) is 1.41. The van der Waals surface area contributed by atoms with Crippen LogP contribution in [-0.2, 0) is 0 Å². The summed E-state index contributed by atoms with van der Waals surface area (Å²) in [5.41, 5.74) is 4.40. The highest BCUT2D eigenvalue weighted by Crippen LogP contribution is 2.43. The Hall–Kier alpha value is -3.09. The first-order valence-corrected chi connectivity index (χ1v) is 11.0. The summed E-state index contributed by atoms with van der Waals surface area (Å²) in [7, 11) is 0. The van der Waals surface area contributed by atoms with Crippen molar-refractivity contribution in [3.63, 3.8) is 0 Å². The third kappa shape index (κ3) is 3.28. The molecule has 0 unspecified atom stereocenters. The number of rotatable bonds is 4. The van der Waals surface area contributed by atoms with Crippen molar-refractivity contribution >= 4 is 55.6 Å². The molecular weight excluding hydrogens is 414 g/mol. The highest BCUT2D eigenvalue weighted by atomic mass is 35.5. The Kier molecular flexibility index (Phi) is 4.14. The zero-order valence-corrected chi connectivity index (χ0v) is 17.4. The Morgan fingerprint density at radius 1 is 0.933 bits per heavy atom. The molecule has 4 aromatic heterocycles. The molecule has 0 atom stereocenters. The van der Waals surface area contributed by atoms with Gasteiger partial charge < -0.3 is 5.32 Å². The molecule has 0 bridgehead atoms. The number of nitrogens with one attached hydrogen (secondary N) is 1. The Labute approximate surface area is 181 Å². The molecule has 1 aliphatic rings. The fourth-order valence-corrected chi connectivity index (χ4v) is 4.78. The minimum atomic E-state index is 0.597. The summed E-state index contributed by atoms with van der Waals surface area (Å²) in [6.45, 7) is 0. The van der Waals surface area contributed by atoms with E-state index in [1.807, 2.05) is 30.3 Å². The van der Waals surface area contributed by atoms with Gasteiger partial charge in [0.15, 0.2) is 0 Å². The second-order valence-corrected chi connectivity index (χ2v) is 8.92. The summed E-state index contributed by atoms with van der Waals surface area (Å²) < 4.78 is 1.19. The zero-order chi connectivity index (χ0) is 20.1. The molecule has 5 aromatic rings. The van der Waals surface area contributed by atoms with E-state index in [4.69, 9.17) is 21.6 Å². The molecule has 7 heteroatoms. The lowest BCUT2D eigenvalue weighted by Gasteiger charge is -2.11. The van der Waals surface area contributed by atoms with E-state index in [9.17, 15) is 0 Å². The van der Waals surface area contributed by atoms with Gasteiger partial charge in [0, 0.05) is 29.4 Å². The van der Waals surface area contributed by atoms with Gasteiger partial charge >= 0.3 is 0 Å². The number of hydrogen-bond donors (Lipinski definition) is 1. The van der Waals surface area contributed by atoms with E-state index in [2.05, 4.69) is 33.5 Å². The predicted molar refractivity (Wildman–Crippen MR) is 123 cm³/mol. The lowest BCUT2D eigenvalue weighted by Crippen LogP contribution is -1.98. The number of hydrogen-bond acceptors (Lipinski definition) is 6. The van der Waals surface area contributed by atoms with E-state index in [0.717, 1.165) is 39.3 Å². The fraction of sp³-hybridized carbons (Fsp3) is 0.130. The van der Waals surface area contributed by atoms with Gasteiger partial charge in [-0.1, -0.05) is 11.6 Å². The van der Waals surface area contributed by atoms with Gasteiger partial charge in [-0.05, 0) is 61.4 Å². The smallest absolute Gasteiger partial charge is 0.140 e. The van der Waals surface area contributed by atoms with Gasteiger partial charge in [-0.25, -0.2) is 9.97 Å². The highest BCUT2D eigenvalue weighted by Gasteiger charge is 2.27. The maximum atomic E-state index is 5.99. The van der Waals surface area contributed by atoms with E-state index in [0.29, 0.717) is 10.9 Å². The van der Waals surface area contributed by atoms with Crippen LogP contribution in [0.4, 0.5) is 11.5 Å². The number of pyridine rings is 3. The van der Waals surface area contributed by atoms with Gasteiger partial charge in [-0.3, -0.25) is 9.97 Å². The third-order valence-corrected chi connectivity index (χ3v) is 6.59. The van der Waals surface area contributed by atoms with Gasteiger partial charge in [0.05, 0.1) is 37.2 Å². The second-order valence-electron chi connectivity index (χ2n) is 7.42. The van der Waals surface area contributed by atoms with Crippen molar-refractivity contribution in [2.75, 3.05) is 5.32 Å². The van der Waals surface area contributed by atoms with Crippen molar-refractivity contribution in [1.82, 2.24) is 19.9 Å². The fourth-order valence-electron chi connectivity index (χ4n) is 3.49. The minimum Gasteiger partial charge on any atom is -0.340 e. The van der Waals surface area contributed by atoms with Gasteiger partial charge in [-0.15, -0.1) is 11.3 Å².